The molecule has 0 bridgehead atoms. The Balaban J connectivity index is 1.93. The van der Waals surface area contributed by atoms with E-state index in [0.717, 1.165) is 32.8 Å². The molecule has 118 valence electrons. The molecule has 1 N–H and O–H groups in total. The summed E-state index contributed by atoms with van der Waals surface area (Å²) < 4.78 is 5.59. The molecule has 21 heavy (non-hydrogen) atoms. The fourth-order valence-corrected chi connectivity index (χ4v) is 2.86. The van der Waals surface area contributed by atoms with Crippen LogP contribution in [0.15, 0.2) is 18.5 Å². The van der Waals surface area contributed by atoms with E-state index in [9.17, 15) is 0 Å². The van der Waals surface area contributed by atoms with Crippen molar-refractivity contribution in [1.82, 2.24) is 10.3 Å². The molecule has 1 saturated heterocycles. The lowest BCUT2D eigenvalue weighted by Crippen LogP contribution is -2.32. The quantitative estimate of drug-likeness (QED) is 0.838. The summed E-state index contributed by atoms with van der Waals surface area (Å²) in [6.45, 7) is 9.26. The maximum atomic E-state index is 5.59. The van der Waals surface area contributed by atoms with Gasteiger partial charge in [0.1, 0.15) is 0 Å². The lowest BCUT2D eigenvalue weighted by Gasteiger charge is -2.29. The van der Waals surface area contributed by atoms with E-state index in [-0.39, 0.29) is 0 Å². The summed E-state index contributed by atoms with van der Waals surface area (Å²) in [6, 6.07) is 2.12. The van der Waals surface area contributed by atoms with Crippen molar-refractivity contribution in [1.29, 1.82) is 0 Å². The number of anilines is 1. The van der Waals surface area contributed by atoms with Crippen LogP contribution in [0.2, 0.25) is 0 Å². The zero-order valence-electron chi connectivity index (χ0n) is 13.6. The Bertz CT molecular complexity index is 416. The van der Waals surface area contributed by atoms with E-state index in [0.29, 0.717) is 11.8 Å². The summed E-state index contributed by atoms with van der Waals surface area (Å²) in [5.41, 5.74) is 2.56. The van der Waals surface area contributed by atoms with Gasteiger partial charge < -0.3 is 15.0 Å². The molecule has 0 radical (unpaired) electrons. The van der Waals surface area contributed by atoms with E-state index in [1.165, 1.54) is 24.1 Å². The standard InChI is InChI=1S/C17H29N3O/c1-14(2)9-19-11-16-10-18-7-6-17(16)20(3)12-15-5-4-8-21-13-15/h6-7,10,14-15,19H,4-5,8-9,11-13H2,1-3H3. The van der Waals surface area contributed by atoms with Crippen molar-refractivity contribution < 1.29 is 4.74 Å². The zero-order chi connectivity index (χ0) is 15.1. The first kappa shape index (κ1) is 16.2. The topological polar surface area (TPSA) is 37.4 Å². The lowest BCUT2D eigenvalue weighted by molar-refractivity contribution is 0.0576. The first-order valence-electron chi connectivity index (χ1n) is 8.09. The Morgan fingerprint density at radius 2 is 2.33 bits per heavy atom. The monoisotopic (exact) mass is 291 g/mol. The van der Waals surface area contributed by atoms with Crippen LogP contribution in [0.1, 0.15) is 32.3 Å². The Morgan fingerprint density at radius 1 is 1.48 bits per heavy atom. The number of rotatable bonds is 7. The summed E-state index contributed by atoms with van der Waals surface area (Å²) in [5.74, 6) is 1.32. The molecule has 4 heteroatoms. The van der Waals surface area contributed by atoms with E-state index in [4.69, 9.17) is 4.74 Å². The second kappa shape index (κ2) is 8.35. The molecule has 2 heterocycles. The average molecular weight is 291 g/mol. The van der Waals surface area contributed by atoms with E-state index < -0.39 is 0 Å². The maximum absolute atomic E-state index is 5.59. The SMILES string of the molecule is CC(C)CNCc1cnccc1N(C)CC1CCCOC1. The molecule has 2 rings (SSSR count). The van der Waals surface area contributed by atoms with Crippen molar-refractivity contribution in [3.05, 3.63) is 24.0 Å². The molecular weight excluding hydrogens is 262 g/mol. The molecule has 1 unspecified atom stereocenters. The van der Waals surface area contributed by atoms with E-state index in [1.54, 1.807) is 0 Å². The van der Waals surface area contributed by atoms with Gasteiger partial charge >= 0.3 is 0 Å². The van der Waals surface area contributed by atoms with Crippen LogP contribution in [-0.2, 0) is 11.3 Å². The van der Waals surface area contributed by atoms with Crippen molar-refractivity contribution in [2.24, 2.45) is 11.8 Å². The van der Waals surface area contributed by atoms with Gasteiger partial charge in [0.15, 0.2) is 0 Å². The van der Waals surface area contributed by atoms with Gasteiger partial charge in [0.05, 0.1) is 6.61 Å². The fraction of sp³-hybridized carbons (Fsp3) is 0.706. The van der Waals surface area contributed by atoms with Crippen molar-refractivity contribution >= 4 is 5.69 Å². The predicted molar refractivity (Wildman–Crippen MR) is 87.6 cm³/mol. The number of nitrogens with zero attached hydrogens (tertiary/aromatic N) is 2. The molecule has 1 aliphatic rings. The Morgan fingerprint density at radius 3 is 3.05 bits per heavy atom. The Labute approximate surface area is 128 Å². The molecule has 0 aromatic carbocycles. The Hall–Kier alpha value is -1.13. The predicted octanol–water partition coefficient (Wildman–Crippen LogP) is 2.69. The molecular formula is C17H29N3O. The number of ether oxygens (including phenoxy) is 1. The van der Waals surface area contributed by atoms with E-state index in [2.05, 4.69) is 42.2 Å². The summed E-state index contributed by atoms with van der Waals surface area (Å²) in [4.78, 5) is 6.64. The van der Waals surface area contributed by atoms with Gasteiger partial charge in [0, 0.05) is 50.4 Å². The average Bonchev–Trinajstić information content (AvgIpc) is 2.48. The van der Waals surface area contributed by atoms with Gasteiger partial charge in [-0.2, -0.15) is 0 Å². The third kappa shape index (κ3) is 5.29. The molecule has 1 fully saturated rings. The van der Waals surface area contributed by atoms with Gasteiger partial charge in [-0.1, -0.05) is 13.8 Å². The summed E-state index contributed by atoms with van der Waals surface area (Å²) >= 11 is 0. The lowest BCUT2D eigenvalue weighted by atomic mass is 10.0. The highest BCUT2D eigenvalue weighted by molar-refractivity contribution is 5.51. The van der Waals surface area contributed by atoms with Gasteiger partial charge in [-0.15, -0.1) is 0 Å². The highest BCUT2D eigenvalue weighted by atomic mass is 16.5. The van der Waals surface area contributed by atoms with Crippen LogP contribution >= 0.6 is 0 Å². The number of nitrogens with one attached hydrogen (secondary N) is 1. The molecule has 1 atom stereocenters. The third-order valence-electron chi connectivity index (χ3n) is 3.94. The van der Waals surface area contributed by atoms with Crippen LogP contribution in [0.25, 0.3) is 0 Å². The van der Waals surface area contributed by atoms with Crippen molar-refractivity contribution in [2.75, 3.05) is 38.3 Å². The van der Waals surface area contributed by atoms with Gasteiger partial charge in [-0.3, -0.25) is 4.98 Å². The molecule has 0 spiro atoms. The van der Waals surface area contributed by atoms with Gasteiger partial charge in [-0.25, -0.2) is 0 Å². The molecule has 1 aliphatic heterocycles. The van der Waals surface area contributed by atoms with Crippen LogP contribution in [0.5, 0.6) is 0 Å². The number of hydrogen-bond donors (Lipinski definition) is 1. The fourth-order valence-electron chi connectivity index (χ4n) is 2.86. The molecule has 0 aliphatic carbocycles. The summed E-state index contributed by atoms with van der Waals surface area (Å²) in [6.07, 6.45) is 6.33. The Kier molecular flexibility index (Phi) is 6.46. The minimum absolute atomic E-state index is 0.647. The first-order chi connectivity index (χ1) is 10.2. The number of hydrogen-bond acceptors (Lipinski definition) is 4. The molecule has 0 saturated carbocycles. The van der Waals surface area contributed by atoms with Gasteiger partial charge in [-0.05, 0) is 37.3 Å². The van der Waals surface area contributed by atoms with E-state index >= 15 is 0 Å². The number of aromatic nitrogens is 1. The van der Waals surface area contributed by atoms with Gasteiger partial charge in [0.2, 0.25) is 0 Å². The van der Waals surface area contributed by atoms with Crippen molar-refractivity contribution in [3.63, 3.8) is 0 Å². The van der Waals surface area contributed by atoms with Gasteiger partial charge in [0.25, 0.3) is 0 Å². The molecule has 4 nitrogen and oxygen atoms in total. The molecule has 1 aromatic rings. The van der Waals surface area contributed by atoms with Crippen LogP contribution < -0.4 is 10.2 Å². The molecule has 0 amide bonds. The second-order valence-corrected chi connectivity index (χ2v) is 6.49. The second-order valence-electron chi connectivity index (χ2n) is 6.49. The third-order valence-corrected chi connectivity index (χ3v) is 3.94. The van der Waals surface area contributed by atoms with Crippen LogP contribution in [-0.4, -0.2) is 38.3 Å². The zero-order valence-corrected chi connectivity index (χ0v) is 13.6. The first-order valence-corrected chi connectivity index (χ1v) is 8.09. The minimum atomic E-state index is 0.647. The largest absolute Gasteiger partial charge is 0.381 e. The highest BCUT2D eigenvalue weighted by Gasteiger charge is 2.17. The highest BCUT2D eigenvalue weighted by Crippen LogP contribution is 2.22. The smallest absolute Gasteiger partial charge is 0.0511 e. The molecule has 1 aromatic heterocycles. The van der Waals surface area contributed by atoms with Crippen LogP contribution in [0.3, 0.4) is 0 Å². The van der Waals surface area contributed by atoms with Crippen molar-refractivity contribution in [2.45, 2.75) is 33.2 Å². The van der Waals surface area contributed by atoms with Crippen molar-refractivity contribution in [3.8, 4) is 0 Å². The summed E-state index contributed by atoms with van der Waals surface area (Å²) in [7, 11) is 2.18. The maximum Gasteiger partial charge on any atom is 0.0511 e. The minimum Gasteiger partial charge on any atom is -0.381 e. The van der Waals surface area contributed by atoms with E-state index in [1.807, 2.05) is 12.4 Å². The van der Waals surface area contributed by atoms with Crippen LogP contribution in [0.4, 0.5) is 5.69 Å². The number of pyridine rings is 1. The van der Waals surface area contributed by atoms with Crippen LogP contribution in [0, 0.1) is 11.8 Å². The summed E-state index contributed by atoms with van der Waals surface area (Å²) in [5, 5.41) is 3.51. The normalized spacial score (nSPS) is 19.0.